The fraction of sp³-hybridized carbons (Fsp3) is 0.545. The van der Waals surface area contributed by atoms with Gasteiger partial charge in [0.1, 0.15) is 0 Å². The molecule has 0 aromatic heterocycles. The van der Waals surface area contributed by atoms with Crippen LogP contribution in [0.1, 0.15) is 33.1 Å². The van der Waals surface area contributed by atoms with Crippen molar-refractivity contribution >= 4 is 5.97 Å². The SMILES string of the molecule is CCCC/C=C\C=CC(=O)OCC. The first-order chi connectivity index (χ1) is 6.31. The Labute approximate surface area is 80.3 Å². The number of carbonyl (C=O) groups is 1. The molecule has 0 amide bonds. The van der Waals surface area contributed by atoms with Gasteiger partial charge < -0.3 is 4.74 Å². The van der Waals surface area contributed by atoms with Crippen molar-refractivity contribution in [2.75, 3.05) is 6.61 Å². The number of esters is 1. The molecule has 0 heterocycles. The molecule has 0 saturated carbocycles. The molecular formula is C11H18O2. The van der Waals surface area contributed by atoms with E-state index >= 15 is 0 Å². The Morgan fingerprint density at radius 1 is 1.31 bits per heavy atom. The Hall–Kier alpha value is -1.05. The lowest BCUT2D eigenvalue weighted by atomic mass is 10.2. The quantitative estimate of drug-likeness (QED) is 0.273. The van der Waals surface area contributed by atoms with Gasteiger partial charge in [0.15, 0.2) is 0 Å². The topological polar surface area (TPSA) is 26.3 Å². The van der Waals surface area contributed by atoms with Crippen LogP contribution in [0.3, 0.4) is 0 Å². The molecule has 0 unspecified atom stereocenters. The molecule has 0 spiro atoms. The molecule has 74 valence electrons. The maximum atomic E-state index is 10.8. The van der Waals surface area contributed by atoms with Gasteiger partial charge in [-0.05, 0) is 13.3 Å². The second kappa shape index (κ2) is 9.04. The predicted molar refractivity (Wildman–Crippen MR) is 54.4 cm³/mol. The molecule has 0 fully saturated rings. The monoisotopic (exact) mass is 182 g/mol. The molecular weight excluding hydrogens is 164 g/mol. The highest BCUT2D eigenvalue weighted by atomic mass is 16.5. The van der Waals surface area contributed by atoms with Crippen molar-refractivity contribution in [1.82, 2.24) is 0 Å². The Bertz CT molecular complexity index is 181. The summed E-state index contributed by atoms with van der Waals surface area (Å²) in [5.74, 6) is -0.275. The van der Waals surface area contributed by atoms with Crippen LogP contribution in [0, 0.1) is 0 Å². The summed E-state index contributed by atoms with van der Waals surface area (Å²) in [6.07, 6.45) is 10.6. The second-order valence-corrected chi connectivity index (χ2v) is 2.68. The minimum atomic E-state index is -0.275. The van der Waals surface area contributed by atoms with E-state index in [2.05, 4.69) is 13.0 Å². The maximum Gasteiger partial charge on any atom is 0.330 e. The van der Waals surface area contributed by atoms with Crippen molar-refractivity contribution in [2.24, 2.45) is 0 Å². The van der Waals surface area contributed by atoms with Crippen LogP contribution in [-0.2, 0) is 9.53 Å². The van der Waals surface area contributed by atoms with Gasteiger partial charge in [-0.25, -0.2) is 4.79 Å². The van der Waals surface area contributed by atoms with Gasteiger partial charge in [0.25, 0.3) is 0 Å². The van der Waals surface area contributed by atoms with Crippen molar-refractivity contribution < 1.29 is 9.53 Å². The Morgan fingerprint density at radius 3 is 2.69 bits per heavy atom. The fourth-order valence-electron chi connectivity index (χ4n) is 0.821. The summed E-state index contributed by atoms with van der Waals surface area (Å²) in [6, 6.07) is 0. The molecule has 13 heavy (non-hydrogen) atoms. The normalized spacial score (nSPS) is 11.2. The lowest BCUT2D eigenvalue weighted by molar-refractivity contribution is -0.137. The van der Waals surface area contributed by atoms with Crippen LogP contribution >= 0.6 is 0 Å². The molecule has 2 nitrogen and oxygen atoms in total. The predicted octanol–water partition coefficient (Wildman–Crippen LogP) is 2.85. The molecule has 0 aromatic carbocycles. The summed E-state index contributed by atoms with van der Waals surface area (Å²) in [5.41, 5.74) is 0. The molecule has 0 rings (SSSR count). The minimum Gasteiger partial charge on any atom is -0.463 e. The summed E-state index contributed by atoms with van der Waals surface area (Å²) in [7, 11) is 0. The van der Waals surface area contributed by atoms with Crippen molar-refractivity contribution in [3.63, 3.8) is 0 Å². The van der Waals surface area contributed by atoms with E-state index in [1.807, 2.05) is 6.08 Å². The third-order valence-electron chi connectivity index (χ3n) is 1.49. The van der Waals surface area contributed by atoms with Crippen LogP contribution in [0.5, 0.6) is 0 Å². The van der Waals surface area contributed by atoms with Gasteiger partial charge in [-0.3, -0.25) is 0 Å². The summed E-state index contributed by atoms with van der Waals surface area (Å²) >= 11 is 0. The molecule has 0 saturated heterocycles. The van der Waals surface area contributed by atoms with Gasteiger partial charge in [-0.2, -0.15) is 0 Å². The third-order valence-corrected chi connectivity index (χ3v) is 1.49. The van der Waals surface area contributed by atoms with Gasteiger partial charge in [0.05, 0.1) is 6.61 Å². The average molecular weight is 182 g/mol. The highest BCUT2D eigenvalue weighted by Gasteiger charge is 1.89. The molecule has 0 aliphatic carbocycles. The second-order valence-electron chi connectivity index (χ2n) is 2.68. The Kier molecular flexibility index (Phi) is 8.31. The maximum absolute atomic E-state index is 10.8. The van der Waals surface area contributed by atoms with Crippen LogP contribution in [-0.4, -0.2) is 12.6 Å². The van der Waals surface area contributed by atoms with Gasteiger partial charge in [-0.15, -0.1) is 0 Å². The van der Waals surface area contributed by atoms with Crippen LogP contribution in [0.2, 0.25) is 0 Å². The molecule has 0 N–H and O–H groups in total. The number of ether oxygens (including phenoxy) is 1. The van der Waals surface area contributed by atoms with Gasteiger partial charge in [0, 0.05) is 6.08 Å². The van der Waals surface area contributed by atoms with Crippen LogP contribution in [0.25, 0.3) is 0 Å². The smallest absolute Gasteiger partial charge is 0.330 e. The van der Waals surface area contributed by atoms with E-state index in [9.17, 15) is 4.79 Å². The summed E-state index contributed by atoms with van der Waals surface area (Å²) in [6.45, 7) is 4.38. The standard InChI is InChI=1S/C11H18O2/c1-3-5-6-7-8-9-10-11(12)13-4-2/h7-10H,3-6H2,1-2H3/b8-7-,10-9?. The number of allylic oxidation sites excluding steroid dienone is 3. The number of carbonyl (C=O) groups excluding carboxylic acids is 1. The first kappa shape index (κ1) is 11.9. The van der Waals surface area contributed by atoms with Crippen molar-refractivity contribution in [3.05, 3.63) is 24.3 Å². The van der Waals surface area contributed by atoms with E-state index in [1.54, 1.807) is 13.0 Å². The summed E-state index contributed by atoms with van der Waals surface area (Å²) in [5, 5.41) is 0. The van der Waals surface area contributed by atoms with E-state index in [1.165, 1.54) is 18.9 Å². The zero-order chi connectivity index (χ0) is 9.94. The van der Waals surface area contributed by atoms with Crippen LogP contribution < -0.4 is 0 Å². The molecule has 2 heteroatoms. The summed E-state index contributed by atoms with van der Waals surface area (Å²) < 4.78 is 4.71. The molecule has 0 aromatic rings. The average Bonchev–Trinajstić information content (AvgIpc) is 2.11. The highest BCUT2D eigenvalue weighted by Crippen LogP contribution is 1.94. The Balaban J connectivity index is 3.49. The van der Waals surface area contributed by atoms with Gasteiger partial charge in [0.2, 0.25) is 0 Å². The van der Waals surface area contributed by atoms with E-state index in [-0.39, 0.29) is 5.97 Å². The lowest BCUT2D eigenvalue weighted by Gasteiger charge is -1.92. The number of hydrogen-bond acceptors (Lipinski definition) is 2. The highest BCUT2D eigenvalue weighted by molar-refractivity contribution is 5.82. The first-order valence-corrected chi connectivity index (χ1v) is 4.81. The molecule has 0 aliphatic heterocycles. The van der Waals surface area contributed by atoms with Crippen molar-refractivity contribution in [1.29, 1.82) is 0 Å². The lowest BCUT2D eigenvalue weighted by Crippen LogP contribution is -1.98. The summed E-state index contributed by atoms with van der Waals surface area (Å²) in [4.78, 5) is 10.8. The van der Waals surface area contributed by atoms with Crippen molar-refractivity contribution in [2.45, 2.75) is 33.1 Å². The van der Waals surface area contributed by atoms with Gasteiger partial charge >= 0.3 is 5.97 Å². The molecule has 0 aliphatic rings. The van der Waals surface area contributed by atoms with Gasteiger partial charge in [-0.1, -0.05) is 38.0 Å². The number of hydrogen-bond donors (Lipinski definition) is 0. The molecule has 0 bridgehead atoms. The zero-order valence-corrected chi connectivity index (χ0v) is 8.45. The Morgan fingerprint density at radius 2 is 2.08 bits per heavy atom. The van der Waals surface area contributed by atoms with Crippen molar-refractivity contribution in [3.8, 4) is 0 Å². The molecule has 0 atom stereocenters. The third kappa shape index (κ3) is 8.86. The van der Waals surface area contributed by atoms with Crippen LogP contribution in [0.15, 0.2) is 24.3 Å². The number of unbranched alkanes of at least 4 members (excludes halogenated alkanes) is 2. The fourth-order valence-corrected chi connectivity index (χ4v) is 0.821. The first-order valence-electron chi connectivity index (χ1n) is 4.81. The van der Waals surface area contributed by atoms with E-state index < -0.39 is 0 Å². The molecule has 0 radical (unpaired) electrons. The largest absolute Gasteiger partial charge is 0.463 e. The minimum absolute atomic E-state index is 0.275. The number of rotatable bonds is 6. The zero-order valence-electron chi connectivity index (χ0n) is 8.45. The van der Waals surface area contributed by atoms with E-state index in [4.69, 9.17) is 4.74 Å². The van der Waals surface area contributed by atoms with Crippen LogP contribution in [0.4, 0.5) is 0 Å². The van der Waals surface area contributed by atoms with E-state index in [0.717, 1.165) is 6.42 Å². The van der Waals surface area contributed by atoms with E-state index in [0.29, 0.717) is 6.61 Å².